The van der Waals surface area contributed by atoms with Crippen molar-refractivity contribution in [3.05, 3.63) is 0 Å². The largest absolute Gasteiger partial charge is 0.304 e. The summed E-state index contributed by atoms with van der Waals surface area (Å²) in [4.78, 5) is 4.50. The summed E-state index contributed by atoms with van der Waals surface area (Å²) < 4.78 is 26.8. The third kappa shape index (κ3) is 2.38. The van der Waals surface area contributed by atoms with Gasteiger partial charge in [0, 0.05) is 44.6 Å². The molecular formula is C12H22F2N2. The van der Waals surface area contributed by atoms with Crippen LogP contribution in [0.5, 0.6) is 0 Å². The molecule has 2 heterocycles. The van der Waals surface area contributed by atoms with Crippen LogP contribution in [0.25, 0.3) is 0 Å². The molecule has 94 valence electrons. The summed E-state index contributed by atoms with van der Waals surface area (Å²) in [5, 5.41) is 0. The Labute approximate surface area is 96.6 Å². The average Bonchev–Trinajstić information content (AvgIpc) is 2.23. The highest BCUT2D eigenvalue weighted by atomic mass is 19.3. The zero-order valence-corrected chi connectivity index (χ0v) is 10.4. The van der Waals surface area contributed by atoms with Gasteiger partial charge in [-0.2, -0.15) is 0 Å². The van der Waals surface area contributed by atoms with E-state index >= 15 is 0 Å². The first-order chi connectivity index (χ1) is 7.39. The molecule has 2 nitrogen and oxygen atoms in total. The Balaban J connectivity index is 2.14. The first kappa shape index (κ1) is 12.2. The molecule has 2 rings (SSSR count). The lowest BCUT2D eigenvalue weighted by atomic mass is 9.94. The van der Waals surface area contributed by atoms with Crippen molar-refractivity contribution in [2.24, 2.45) is 5.92 Å². The molecule has 2 aliphatic heterocycles. The second-order valence-corrected chi connectivity index (χ2v) is 5.64. The fraction of sp³-hybridized carbons (Fsp3) is 1.00. The number of rotatable bonds is 0. The van der Waals surface area contributed by atoms with E-state index in [0.717, 1.165) is 13.1 Å². The van der Waals surface area contributed by atoms with Crippen LogP contribution in [0.4, 0.5) is 8.78 Å². The van der Waals surface area contributed by atoms with Crippen LogP contribution in [0.1, 0.15) is 26.7 Å². The average molecular weight is 232 g/mol. The molecule has 3 atom stereocenters. The summed E-state index contributed by atoms with van der Waals surface area (Å²) >= 11 is 0. The van der Waals surface area contributed by atoms with Crippen LogP contribution in [-0.2, 0) is 0 Å². The zero-order chi connectivity index (χ0) is 11.9. The smallest absolute Gasteiger partial charge is 0.250 e. The van der Waals surface area contributed by atoms with Crippen molar-refractivity contribution in [1.82, 2.24) is 9.80 Å². The number of hydrogen-bond acceptors (Lipinski definition) is 2. The molecule has 0 aromatic heterocycles. The van der Waals surface area contributed by atoms with E-state index in [-0.39, 0.29) is 18.9 Å². The third-order valence-electron chi connectivity index (χ3n) is 4.21. The molecule has 2 aliphatic rings. The summed E-state index contributed by atoms with van der Waals surface area (Å²) in [6.07, 6.45) is 0.0681. The summed E-state index contributed by atoms with van der Waals surface area (Å²) in [6, 6.07) is 0.458. The Morgan fingerprint density at radius 2 is 1.88 bits per heavy atom. The van der Waals surface area contributed by atoms with Crippen molar-refractivity contribution < 1.29 is 8.78 Å². The third-order valence-corrected chi connectivity index (χ3v) is 4.21. The molecule has 0 radical (unpaired) electrons. The van der Waals surface area contributed by atoms with Crippen LogP contribution >= 0.6 is 0 Å². The summed E-state index contributed by atoms with van der Waals surface area (Å²) in [5.41, 5.74) is 0. The molecule has 0 aliphatic carbocycles. The van der Waals surface area contributed by atoms with Gasteiger partial charge in [0.25, 0.3) is 5.92 Å². The van der Waals surface area contributed by atoms with Crippen molar-refractivity contribution in [2.75, 3.05) is 26.7 Å². The van der Waals surface area contributed by atoms with Crippen LogP contribution in [-0.4, -0.2) is 54.5 Å². The van der Waals surface area contributed by atoms with Crippen LogP contribution in [0.2, 0.25) is 0 Å². The quantitative estimate of drug-likeness (QED) is 0.631. The molecule has 4 heteroatoms. The highest BCUT2D eigenvalue weighted by Crippen LogP contribution is 2.35. The van der Waals surface area contributed by atoms with E-state index in [1.165, 1.54) is 0 Å². The molecule has 0 bridgehead atoms. The fourth-order valence-corrected chi connectivity index (χ4v) is 3.15. The standard InChI is InChI=1S/C12H22F2N2/c1-9-7-15(3)8-11-6-12(13,14)4-5-16(11)10(9)2/h9-11H,4-8H2,1-3H3/t9-,10-,11?/m1/s1. The Bertz CT molecular complexity index is 257. The zero-order valence-electron chi connectivity index (χ0n) is 10.4. The molecule has 0 N–H and O–H groups in total. The van der Waals surface area contributed by atoms with Crippen LogP contribution in [0.3, 0.4) is 0 Å². The van der Waals surface area contributed by atoms with Gasteiger partial charge in [-0.1, -0.05) is 6.92 Å². The highest BCUT2D eigenvalue weighted by molar-refractivity contribution is 4.93. The first-order valence-electron chi connectivity index (χ1n) is 6.21. The van der Waals surface area contributed by atoms with Crippen LogP contribution in [0.15, 0.2) is 0 Å². The van der Waals surface area contributed by atoms with E-state index in [1.807, 2.05) is 7.05 Å². The second kappa shape index (κ2) is 4.22. The van der Waals surface area contributed by atoms with E-state index in [2.05, 4.69) is 23.6 Å². The van der Waals surface area contributed by atoms with Gasteiger partial charge in [-0.3, -0.25) is 4.90 Å². The topological polar surface area (TPSA) is 6.48 Å². The number of likely N-dealkylation sites (N-methyl/N-ethyl adjacent to an activating group) is 1. The van der Waals surface area contributed by atoms with Gasteiger partial charge < -0.3 is 4.90 Å². The van der Waals surface area contributed by atoms with Crippen molar-refractivity contribution in [2.45, 2.75) is 44.7 Å². The minimum atomic E-state index is -2.45. The minimum Gasteiger partial charge on any atom is -0.304 e. The molecule has 0 aromatic carbocycles. The number of fused-ring (bicyclic) bond motifs is 1. The van der Waals surface area contributed by atoms with Gasteiger partial charge in [-0.05, 0) is 19.9 Å². The second-order valence-electron chi connectivity index (χ2n) is 5.64. The van der Waals surface area contributed by atoms with E-state index < -0.39 is 5.92 Å². The lowest BCUT2D eigenvalue weighted by molar-refractivity contribution is -0.0878. The minimum absolute atomic E-state index is 0.0320. The van der Waals surface area contributed by atoms with Crippen molar-refractivity contribution >= 4 is 0 Å². The maximum absolute atomic E-state index is 13.4. The molecular weight excluding hydrogens is 210 g/mol. The van der Waals surface area contributed by atoms with Gasteiger partial charge in [0.15, 0.2) is 0 Å². The Kier molecular flexibility index (Phi) is 3.23. The molecule has 2 fully saturated rings. The van der Waals surface area contributed by atoms with E-state index in [0.29, 0.717) is 18.5 Å². The Morgan fingerprint density at radius 3 is 2.56 bits per heavy atom. The molecule has 1 unspecified atom stereocenters. The lowest BCUT2D eigenvalue weighted by Crippen LogP contribution is -2.53. The summed E-state index contributed by atoms with van der Waals surface area (Å²) in [6.45, 7) is 6.75. The van der Waals surface area contributed by atoms with Crippen molar-refractivity contribution in [3.8, 4) is 0 Å². The Morgan fingerprint density at radius 1 is 1.19 bits per heavy atom. The van der Waals surface area contributed by atoms with Crippen LogP contribution in [0, 0.1) is 5.92 Å². The van der Waals surface area contributed by atoms with E-state index in [1.54, 1.807) is 0 Å². The molecule has 0 aromatic rings. The Hall–Kier alpha value is -0.220. The maximum Gasteiger partial charge on any atom is 0.250 e. The van der Waals surface area contributed by atoms with Gasteiger partial charge in [-0.15, -0.1) is 0 Å². The maximum atomic E-state index is 13.4. The summed E-state index contributed by atoms with van der Waals surface area (Å²) in [7, 11) is 2.04. The van der Waals surface area contributed by atoms with E-state index in [9.17, 15) is 8.78 Å². The lowest BCUT2D eigenvalue weighted by Gasteiger charge is -2.42. The van der Waals surface area contributed by atoms with E-state index in [4.69, 9.17) is 0 Å². The first-order valence-corrected chi connectivity index (χ1v) is 6.21. The number of piperidine rings is 1. The van der Waals surface area contributed by atoms with Crippen molar-refractivity contribution in [3.63, 3.8) is 0 Å². The van der Waals surface area contributed by atoms with Gasteiger partial charge in [0.05, 0.1) is 0 Å². The normalized spacial score (nSPS) is 41.4. The molecule has 16 heavy (non-hydrogen) atoms. The van der Waals surface area contributed by atoms with Gasteiger partial charge >= 0.3 is 0 Å². The summed E-state index contributed by atoms with van der Waals surface area (Å²) in [5.74, 6) is -1.89. The molecule has 0 spiro atoms. The monoisotopic (exact) mass is 232 g/mol. The SMILES string of the molecule is C[C@@H]1CN(C)CC2CC(F)(F)CCN2[C@@H]1C. The fourth-order valence-electron chi connectivity index (χ4n) is 3.15. The highest BCUT2D eigenvalue weighted by Gasteiger charge is 2.44. The molecule has 0 amide bonds. The van der Waals surface area contributed by atoms with Gasteiger partial charge in [0.1, 0.15) is 0 Å². The van der Waals surface area contributed by atoms with Crippen LogP contribution < -0.4 is 0 Å². The number of alkyl halides is 2. The number of hydrogen-bond donors (Lipinski definition) is 0. The van der Waals surface area contributed by atoms with Gasteiger partial charge in [0.2, 0.25) is 0 Å². The van der Waals surface area contributed by atoms with Gasteiger partial charge in [-0.25, -0.2) is 8.78 Å². The molecule has 0 saturated carbocycles. The van der Waals surface area contributed by atoms with Crippen molar-refractivity contribution in [1.29, 1.82) is 0 Å². The predicted molar refractivity (Wildman–Crippen MR) is 60.8 cm³/mol. The predicted octanol–water partition coefficient (Wildman–Crippen LogP) is 2.06. The number of halogens is 2. The molecule has 2 saturated heterocycles. The number of nitrogens with zero attached hydrogens (tertiary/aromatic N) is 2.